The molecule has 0 radical (unpaired) electrons. The van der Waals surface area contributed by atoms with Crippen LogP contribution in [0.25, 0.3) is 0 Å². The molecule has 1 aromatic rings. The highest BCUT2D eigenvalue weighted by Crippen LogP contribution is 2.22. The Morgan fingerprint density at radius 2 is 2.14 bits per heavy atom. The molecule has 1 N–H and O–H groups in total. The topological polar surface area (TPSA) is 84.4 Å². The molecule has 0 unspecified atom stereocenters. The minimum atomic E-state index is -3.36. The Hall–Kier alpha value is -0.260. The van der Waals surface area contributed by atoms with Crippen LogP contribution in [0, 0.1) is 6.92 Å². The Kier molecular flexibility index (Phi) is 7.03. The van der Waals surface area contributed by atoms with Gasteiger partial charge in [0.1, 0.15) is 5.01 Å². The lowest BCUT2D eigenvalue weighted by Crippen LogP contribution is -2.46. The van der Waals surface area contributed by atoms with Gasteiger partial charge in [-0.15, -0.1) is 10.2 Å². The number of hydrogen-bond acceptors (Lipinski definition) is 7. The molecule has 0 atom stereocenters. The number of methoxy groups -OCH3 is 1. The van der Waals surface area contributed by atoms with Crippen molar-refractivity contribution in [2.75, 3.05) is 32.5 Å². The van der Waals surface area contributed by atoms with Crippen molar-refractivity contribution in [1.29, 1.82) is 0 Å². The van der Waals surface area contributed by atoms with E-state index < -0.39 is 10.2 Å². The molecule has 1 aliphatic rings. The summed E-state index contributed by atoms with van der Waals surface area (Å²) in [5, 5.41) is 8.92. The van der Waals surface area contributed by atoms with E-state index in [1.54, 1.807) is 30.2 Å². The number of thioether (sulfide) groups is 1. The maximum absolute atomic E-state index is 12.2. The van der Waals surface area contributed by atoms with Gasteiger partial charge in [-0.3, -0.25) is 0 Å². The first-order valence-corrected chi connectivity index (χ1v) is 10.5. The molecule has 0 spiro atoms. The highest BCUT2D eigenvalue weighted by atomic mass is 32.2. The fourth-order valence-corrected chi connectivity index (χ4v) is 5.27. The summed E-state index contributed by atoms with van der Waals surface area (Å²) in [6.45, 7) is 3.40. The highest BCUT2D eigenvalue weighted by molar-refractivity contribution is 8.01. The lowest BCUT2D eigenvalue weighted by molar-refractivity contribution is 0.0602. The molecule has 126 valence electrons. The number of aromatic nitrogens is 2. The summed E-state index contributed by atoms with van der Waals surface area (Å²) in [6, 6.07) is 0. The second kappa shape index (κ2) is 8.55. The molecular weight excluding hydrogens is 344 g/mol. The number of aryl methyl sites for hydroxylation is 1. The van der Waals surface area contributed by atoms with Gasteiger partial charge in [-0.2, -0.15) is 12.7 Å². The smallest absolute Gasteiger partial charge is 0.279 e. The average molecular weight is 367 g/mol. The lowest BCUT2D eigenvalue weighted by atomic mass is 10.1. The third kappa shape index (κ3) is 5.43. The fraction of sp³-hybridized carbons (Fsp3) is 0.833. The summed E-state index contributed by atoms with van der Waals surface area (Å²) in [5.41, 5.74) is 0. The van der Waals surface area contributed by atoms with Crippen LogP contribution in [0.1, 0.15) is 24.3 Å². The van der Waals surface area contributed by atoms with Crippen molar-refractivity contribution in [2.45, 2.75) is 36.6 Å². The molecule has 0 saturated carbocycles. The van der Waals surface area contributed by atoms with E-state index in [2.05, 4.69) is 14.9 Å². The van der Waals surface area contributed by atoms with Crippen LogP contribution in [0.5, 0.6) is 0 Å². The summed E-state index contributed by atoms with van der Waals surface area (Å²) < 4.78 is 34.7. The van der Waals surface area contributed by atoms with Crippen molar-refractivity contribution in [3.8, 4) is 0 Å². The first-order valence-electron chi connectivity index (χ1n) is 7.21. The zero-order valence-electron chi connectivity index (χ0n) is 12.8. The van der Waals surface area contributed by atoms with E-state index in [4.69, 9.17) is 4.74 Å². The van der Waals surface area contributed by atoms with Gasteiger partial charge < -0.3 is 4.74 Å². The van der Waals surface area contributed by atoms with Gasteiger partial charge in [-0.1, -0.05) is 23.1 Å². The molecule has 10 heteroatoms. The van der Waals surface area contributed by atoms with Gasteiger partial charge in [0.2, 0.25) is 0 Å². The summed E-state index contributed by atoms with van der Waals surface area (Å²) in [7, 11) is -1.69. The van der Waals surface area contributed by atoms with E-state index in [1.807, 2.05) is 6.92 Å². The SMILES string of the molecule is COC1CCN(S(=O)(=O)NCCCSc2nnc(C)s2)CC1. The van der Waals surface area contributed by atoms with Crippen LogP contribution < -0.4 is 4.72 Å². The fourth-order valence-electron chi connectivity index (χ4n) is 2.17. The average Bonchev–Trinajstić information content (AvgIpc) is 2.92. The maximum atomic E-state index is 12.2. The molecule has 7 nitrogen and oxygen atoms in total. The molecule has 0 aliphatic carbocycles. The molecule has 2 rings (SSSR count). The van der Waals surface area contributed by atoms with Crippen molar-refractivity contribution in [2.24, 2.45) is 0 Å². The zero-order chi connectivity index (χ0) is 16.0. The van der Waals surface area contributed by atoms with E-state index in [0.717, 1.165) is 34.4 Å². The summed E-state index contributed by atoms with van der Waals surface area (Å²) in [5.74, 6) is 0.822. The van der Waals surface area contributed by atoms with Crippen LogP contribution in [-0.4, -0.2) is 61.5 Å². The Morgan fingerprint density at radius 1 is 1.41 bits per heavy atom. The third-order valence-electron chi connectivity index (χ3n) is 3.41. The molecule has 2 heterocycles. The van der Waals surface area contributed by atoms with Gasteiger partial charge >= 0.3 is 0 Å². The lowest BCUT2D eigenvalue weighted by Gasteiger charge is -2.30. The zero-order valence-corrected chi connectivity index (χ0v) is 15.3. The number of piperidine rings is 1. The van der Waals surface area contributed by atoms with Crippen LogP contribution in [-0.2, 0) is 14.9 Å². The molecular formula is C12H22N4O3S3. The van der Waals surface area contributed by atoms with Gasteiger partial charge in [0.05, 0.1) is 6.10 Å². The molecule has 1 aromatic heterocycles. The second-order valence-electron chi connectivity index (χ2n) is 5.02. The molecule has 1 fully saturated rings. The van der Waals surface area contributed by atoms with Crippen LogP contribution in [0.15, 0.2) is 4.34 Å². The van der Waals surface area contributed by atoms with E-state index in [1.165, 1.54) is 4.31 Å². The van der Waals surface area contributed by atoms with E-state index >= 15 is 0 Å². The minimum Gasteiger partial charge on any atom is -0.381 e. The van der Waals surface area contributed by atoms with Crippen molar-refractivity contribution < 1.29 is 13.2 Å². The van der Waals surface area contributed by atoms with Crippen molar-refractivity contribution in [3.63, 3.8) is 0 Å². The number of nitrogens with zero attached hydrogens (tertiary/aromatic N) is 3. The minimum absolute atomic E-state index is 0.179. The van der Waals surface area contributed by atoms with Gasteiger partial charge in [0.15, 0.2) is 4.34 Å². The summed E-state index contributed by atoms with van der Waals surface area (Å²) in [6.07, 6.45) is 2.45. The Balaban J connectivity index is 1.65. The maximum Gasteiger partial charge on any atom is 0.279 e. The molecule has 0 bridgehead atoms. The number of rotatable bonds is 8. The summed E-state index contributed by atoms with van der Waals surface area (Å²) in [4.78, 5) is 0. The highest BCUT2D eigenvalue weighted by Gasteiger charge is 2.27. The number of hydrogen-bond donors (Lipinski definition) is 1. The predicted octanol–water partition coefficient (Wildman–Crippen LogP) is 1.27. The van der Waals surface area contributed by atoms with Gasteiger partial charge in [0.25, 0.3) is 10.2 Å². The standard InChI is InChI=1S/C12H22N4O3S3/c1-10-14-15-12(21-10)20-9-3-6-13-22(17,18)16-7-4-11(19-2)5-8-16/h11,13H,3-9H2,1-2H3. The molecule has 22 heavy (non-hydrogen) atoms. The van der Waals surface area contributed by atoms with Gasteiger partial charge in [-0.05, 0) is 26.2 Å². The first kappa shape index (κ1) is 18.1. The Bertz CT molecular complexity index is 556. The monoisotopic (exact) mass is 366 g/mol. The van der Waals surface area contributed by atoms with Gasteiger partial charge in [-0.25, -0.2) is 4.72 Å². The molecule has 0 aromatic carbocycles. The van der Waals surface area contributed by atoms with Crippen molar-refractivity contribution in [1.82, 2.24) is 19.2 Å². The quantitative estimate of drug-likeness (QED) is 0.551. The second-order valence-corrected chi connectivity index (χ2v) is 9.30. The largest absolute Gasteiger partial charge is 0.381 e. The predicted molar refractivity (Wildman–Crippen MR) is 88.5 cm³/mol. The normalized spacial score (nSPS) is 17.9. The molecule has 0 amide bonds. The van der Waals surface area contributed by atoms with Gasteiger partial charge in [0, 0.05) is 32.5 Å². The first-order chi connectivity index (χ1) is 10.5. The molecule has 1 saturated heterocycles. The van der Waals surface area contributed by atoms with Crippen molar-refractivity contribution >= 4 is 33.3 Å². The summed E-state index contributed by atoms with van der Waals surface area (Å²) >= 11 is 3.17. The van der Waals surface area contributed by atoms with Crippen LogP contribution in [0.3, 0.4) is 0 Å². The van der Waals surface area contributed by atoms with Crippen LogP contribution in [0.2, 0.25) is 0 Å². The molecule has 1 aliphatic heterocycles. The van der Waals surface area contributed by atoms with E-state index in [0.29, 0.717) is 19.6 Å². The Labute approximate surface area is 140 Å². The Morgan fingerprint density at radius 3 is 2.73 bits per heavy atom. The number of ether oxygens (including phenoxy) is 1. The van der Waals surface area contributed by atoms with Crippen LogP contribution >= 0.6 is 23.1 Å². The third-order valence-corrected chi connectivity index (χ3v) is 7.09. The van der Waals surface area contributed by atoms with Crippen molar-refractivity contribution in [3.05, 3.63) is 5.01 Å². The van der Waals surface area contributed by atoms with E-state index in [9.17, 15) is 8.42 Å². The van der Waals surface area contributed by atoms with Crippen LogP contribution in [0.4, 0.5) is 0 Å². The van der Waals surface area contributed by atoms with E-state index in [-0.39, 0.29) is 6.10 Å². The number of nitrogens with one attached hydrogen (secondary N) is 1.